The molecule has 1 saturated heterocycles. The fraction of sp³-hybridized carbons (Fsp3) is 0.944. The zero-order chi connectivity index (χ0) is 17.7. The number of hydrogen-bond acceptors (Lipinski definition) is 3. The molecule has 1 amide bonds. The molecular formula is C18H32F2N2O2. The number of piperazine rings is 1. The van der Waals surface area contributed by atoms with Crippen LogP contribution in [0.4, 0.5) is 8.78 Å². The van der Waals surface area contributed by atoms with Gasteiger partial charge in [-0.15, -0.1) is 0 Å². The van der Waals surface area contributed by atoms with E-state index in [0.29, 0.717) is 26.2 Å². The summed E-state index contributed by atoms with van der Waals surface area (Å²) in [6.07, 6.45) is 3.15. The van der Waals surface area contributed by atoms with Gasteiger partial charge in [0, 0.05) is 32.6 Å². The largest absolute Gasteiger partial charge is 0.376 e. The van der Waals surface area contributed by atoms with E-state index in [1.165, 1.54) is 4.90 Å². The van der Waals surface area contributed by atoms with Gasteiger partial charge in [-0.05, 0) is 52.0 Å². The monoisotopic (exact) mass is 346 g/mol. The first-order chi connectivity index (χ1) is 11.3. The van der Waals surface area contributed by atoms with Crippen LogP contribution in [-0.4, -0.2) is 66.6 Å². The Hall–Kier alpha value is -0.750. The van der Waals surface area contributed by atoms with Gasteiger partial charge in [0.2, 0.25) is 0 Å². The Morgan fingerprint density at radius 1 is 1.12 bits per heavy atom. The molecule has 6 heteroatoms. The number of nitrogens with zero attached hydrogens (tertiary/aromatic N) is 2. The highest BCUT2D eigenvalue weighted by Crippen LogP contribution is 2.35. The van der Waals surface area contributed by atoms with Crippen molar-refractivity contribution in [2.45, 2.75) is 71.0 Å². The second-order valence-corrected chi connectivity index (χ2v) is 7.46. The van der Waals surface area contributed by atoms with Crippen molar-refractivity contribution in [3.05, 3.63) is 0 Å². The summed E-state index contributed by atoms with van der Waals surface area (Å²) in [5.41, 5.74) is 0. The topological polar surface area (TPSA) is 32.8 Å². The van der Waals surface area contributed by atoms with E-state index in [1.54, 1.807) is 0 Å². The molecule has 0 atom stereocenters. The van der Waals surface area contributed by atoms with Crippen molar-refractivity contribution >= 4 is 5.91 Å². The molecule has 0 aromatic rings. The number of alkyl halides is 2. The molecule has 0 N–H and O–H groups in total. The van der Waals surface area contributed by atoms with Crippen molar-refractivity contribution in [2.75, 3.05) is 32.7 Å². The van der Waals surface area contributed by atoms with Gasteiger partial charge in [0.05, 0.1) is 12.2 Å². The highest BCUT2D eigenvalue weighted by atomic mass is 19.3. The van der Waals surface area contributed by atoms with Gasteiger partial charge in [0.15, 0.2) is 0 Å². The van der Waals surface area contributed by atoms with Crippen LogP contribution < -0.4 is 0 Å². The van der Waals surface area contributed by atoms with Gasteiger partial charge in [0.25, 0.3) is 5.91 Å². The van der Waals surface area contributed by atoms with E-state index in [4.69, 9.17) is 4.74 Å². The molecule has 1 saturated carbocycles. The fourth-order valence-electron chi connectivity index (χ4n) is 3.81. The number of ether oxygens (including phenoxy) is 1. The predicted molar refractivity (Wildman–Crippen MR) is 90.2 cm³/mol. The van der Waals surface area contributed by atoms with Crippen molar-refractivity contribution < 1.29 is 18.3 Å². The third-order valence-corrected chi connectivity index (χ3v) is 5.22. The van der Waals surface area contributed by atoms with Crippen LogP contribution in [0.3, 0.4) is 0 Å². The quantitative estimate of drug-likeness (QED) is 0.741. The minimum absolute atomic E-state index is 0.0760. The lowest BCUT2D eigenvalue weighted by Crippen LogP contribution is -2.53. The molecule has 24 heavy (non-hydrogen) atoms. The minimum Gasteiger partial charge on any atom is -0.376 e. The molecule has 0 aromatic heterocycles. The maximum atomic E-state index is 14.4. The normalized spacial score (nSPS) is 26.8. The van der Waals surface area contributed by atoms with Gasteiger partial charge < -0.3 is 14.5 Å². The van der Waals surface area contributed by atoms with E-state index < -0.39 is 11.8 Å². The molecule has 0 unspecified atom stereocenters. The summed E-state index contributed by atoms with van der Waals surface area (Å²) < 4.78 is 34.6. The summed E-state index contributed by atoms with van der Waals surface area (Å²) in [5, 5.41) is 0. The molecule has 1 aliphatic heterocycles. The smallest absolute Gasteiger partial charge is 0.325 e. The summed E-state index contributed by atoms with van der Waals surface area (Å²) in [7, 11) is 0. The molecule has 1 aliphatic carbocycles. The van der Waals surface area contributed by atoms with Crippen LogP contribution in [0.25, 0.3) is 0 Å². The van der Waals surface area contributed by atoms with Crippen LogP contribution >= 0.6 is 0 Å². The Balaban J connectivity index is 1.80. The predicted octanol–water partition coefficient (Wildman–Crippen LogP) is 3.16. The Kier molecular flexibility index (Phi) is 6.99. The maximum absolute atomic E-state index is 14.4. The fourth-order valence-corrected chi connectivity index (χ4v) is 3.81. The lowest BCUT2D eigenvalue weighted by molar-refractivity contribution is -0.162. The molecule has 0 aromatic carbocycles. The maximum Gasteiger partial charge on any atom is 0.325 e. The Morgan fingerprint density at radius 2 is 1.71 bits per heavy atom. The zero-order valence-electron chi connectivity index (χ0n) is 15.3. The molecule has 2 rings (SSSR count). The Bertz CT molecular complexity index is 402. The second-order valence-electron chi connectivity index (χ2n) is 7.46. The number of hydrogen-bond donors (Lipinski definition) is 0. The van der Waals surface area contributed by atoms with Gasteiger partial charge in [-0.25, -0.2) is 0 Å². The summed E-state index contributed by atoms with van der Waals surface area (Å²) in [6, 6.07) is 0. The molecule has 2 aliphatic rings. The van der Waals surface area contributed by atoms with Gasteiger partial charge in [-0.3, -0.25) is 4.79 Å². The molecule has 0 radical (unpaired) electrons. The molecule has 0 spiro atoms. The van der Waals surface area contributed by atoms with Crippen molar-refractivity contribution in [2.24, 2.45) is 5.92 Å². The SMILES string of the molecule is CCN1CCN(C(=O)C(F)(F)C[C@H]2CC[C@H](OC(C)C)CC2)CC1. The van der Waals surface area contributed by atoms with Crippen molar-refractivity contribution in [3.63, 3.8) is 0 Å². The second kappa shape index (κ2) is 8.56. The van der Waals surface area contributed by atoms with Crippen molar-refractivity contribution in [1.29, 1.82) is 0 Å². The minimum atomic E-state index is -3.23. The van der Waals surface area contributed by atoms with E-state index in [9.17, 15) is 13.6 Å². The Morgan fingerprint density at radius 3 is 2.21 bits per heavy atom. The highest BCUT2D eigenvalue weighted by Gasteiger charge is 2.44. The first-order valence-corrected chi connectivity index (χ1v) is 9.36. The zero-order valence-corrected chi connectivity index (χ0v) is 15.3. The van der Waals surface area contributed by atoms with Crippen LogP contribution in [0.2, 0.25) is 0 Å². The number of carbonyl (C=O) groups excluding carboxylic acids is 1. The van der Waals surface area contributed by atoms with E-state index in [0.717, 1.165) is 32.2 Å². The van der Waals surface area contributed by atoms with Gasteiger partial charge in [-0.2, -0.15) is 8.78 Å². The summed E-state index contributed by atoms with van der Waals surface area (Å²) >= 11 is 0. The lowest BCUT2D eigenvalue weighted by Gasteiger charge is -2.37. The van der Waals surface area contributed by atoms with Crippen LogP contribution in [0.5, 0.6) is 0 Å². The number of amides is 1. The first kappa shape index (κ1) is 19.6. The number of likely N-dealkylation sites (N-methyl/N-ethyl adjacent to an activating group) is 1. The third-order valence-electron chi connectivity index (χ3n) is 5.22. The standard InChI is InChI=1S/C18H32F2N2O2/c1-4-21-9-11-22(12-10-21)17(23)18(19,20)13-15-5-7-16(8-6-15)24-14(2)3/h14-16H,4-13H2,1-3H3/t15-,16-. The average molecular weight is 346 g/mol. The van der Waals surface area contributed by atoms with Crippen molar-refractivity contribution in [3.8, 4) is 0 Å². The van der Waals surface area contributed by atoms with E-state index in [-0.39, 0.29) is 24.5 Å². The molecule has 2 fully saturated rings. The molecule has 4 nitrogen and oxygen atoms in total. The van der Waals surface area contributed by atoms with Crippen LogP contribution in [0.15, 0.2) is 0 Å². The number of halogens is 2. The third kappa shape index (κ3) is 5.38. The van der Waals surface area contributed by atoms with Crippen LogP contribution in [0, 0.1) is 5.92 Å². The van der Waals surface area contributed by atoms with E-state index in [1.807, 2.05) is 20.8 Å². The van der Waals surface area contributed by atoms with Gasteiger partial charge >= 0.3 is 5.92 Å². The molecular weight excluding hydrogens is 314 g/mol. The van der Waals surface area contributed by atoms with E-state index >= 15 is 0 Å². The first-order valence-electron chi connectivity index (χ1n) is 9.36. The molecule has 1 heterocycles. The van der Waals surface area contributed by atoms with Gasteiger partial charge in [-0.1, -0.05) is 6.92 Å². The number of rotatable bonds is 6. The van der Waals surface area contributed by atoms with Crippen LogP contribution in [-0.2, 0) is 9.53 Å². The Labute approximate surface area is 144 Å². The summed E-state index contributed by atoms with van der Waals surface area (Å²) in [4.78, 5) is 15.8. The van der Waals surface area contributed by atoms with Gasteiger partial charge in [0.1, 0.15) is 0 Å². The molecule has 140 valence electrons. The van der Waals surface area contributed by atoms with E-state index in [2.05, 4.69) is 4.90 Å². The summed E-state index contributed by atoms with van der Waals surface area (Å²) in [6.45, 7) is 9.15. The lowest BCUT2D eigenvalue weighted by atomic mass is 9.83. The number of carbonyl (C=O) groups is 1. The van der Waals surface area contributed by atoms with Crippen LogP contribution in [0.1, 0.15) is 52.9 Å². The average Bonchev–Trinajstić information content (AvgIpc) is 2.55. The molecule has 0 bridgehead atoms. The highest BCUT2D eigenvalue weighted by molar-refractivity contribution is 5.83. The summed E-state index contributed by atoms with van der Waals surface area (Å²) in [5.74, 6) is -4.28. The van der Waals surface area contributed by atoms with Crippen molar-refractivity contribution in [1.82, 2.24) is 9.80 Å².